The van der Waals surface area contributed by atoms with E-state index in [9.17, 15) is 4.79 Å². The molecule has 0 spiro atoms. The van der Waals surface area contributed by atoms with Gasteiger partial charge in [0.2, 0.25) is 0 Å². The number of carbonyl (C=O) groups is 1. The topological polar surface area (TPSA) is 72.5 Å². The number of aliphatic hydroxyl groups is 1. The van der Waals surface area contributed by atoms with Crippen molar-refractivity contribution >= 4 is 5.97 Å². The molecule has 0 amide bonds. The maximum atomic E-state index is 11.2. The summed E-state index contributed by atoms with van der Waals surface area (Å²) >= 11 is 0. The lowest BCUT2D eigenvalue weighted by molar-refractivity contribution is -0.162. The molecule has 3 N–H and O–H groups in total. The third-order valence-electron chi connectivity index (χ3n) is 1.19. The minimum Gasteiger partial charge on any atom is -0.459 e. The van der Waals surface area contributed by atoms with Gasteiger partial charge in [-0.25, -0.2) is 4.79 Å². The van der Waals surface area contributed by atoms with E-state index in [2.05, 4.69) is 0 Å². The molecule has 0 aliphatic carbocycles. The first-order chi connectivity index (χ1) is 5.19. The first-order valence-corrected chi connectivity index (χ1v) is 3.82. The molecule has 4 nitrogen and oxygen atoms in total. The molecule has 1 atom stereocenters. The molecule has 0 unspecified atom stereocenters. The van der Waals surface area contributed by atoms with Gasteiger partial charge in [-0.15, -0.1) is 0 Å². The van der Waals surface area contributed by atoms with Crippen LogP contribution in [0.5, 0.6) is 0 Å². The van der Waals surface area contributed by atoms with Crippen LogP contribution in [0.1, 0.15) is 27.7 Å². The highest BCUT2D eigenvalue weighted by atomic mass is 16.6. The van der Waals surface area contributed by atoms with Crippen molar-refractivity contribution in [1.29, 1.82) is 0 Å². The Morgan fingerprint density at radius 1 is 1.42 bits per heavy atom. The number of hydrogen-bond acceptors (Lipinski definition) is 4. The van der Waals surface area contributed by atoms with Gasteiger partial charge in [0.15, 0.2) is 0 Å². The summed E-state index contributed by atoms with van der Waals surface area (Å²) in [7, 11) is 0. The van der Waals surface area contributed by atoms with Crippen LogP contribution in [-0.2, 0) is 9.53 Å². The molecule has 0 saturated heterocycles. The minimum atomic E-state index is -1.30. The van der Waals surface area contributed by atoms with Crippen molar-refractivity contribution in [1.82, 2.24) is 0 Å². The Morgan fingerprint density at radius 2 is 1.83 bits per heavy atom. The van der Waals surface area contributed by atoms with E-state index in [4.69, 9.17) is 15.6 Å². The van der Waals surface area contributed by atoms with E-state index >= 15 is 0 Å². The molecule has 0 fully saturated rings. The summed E-state index contributed by atoms with van der Waals surface area (Å²) in [6.07, 6.45) is 0. The maximum absolute atomic E-state index is 11.2. The lowest BCUT2D eigenvalue weighted by Gasteiger charge is -2.26. The molecule has 72 valence electrons. The number of hydrogen-bond donors (Lipinski definition) is 2. The first kappa shape index (κ1) is 11.4. The second-order valence-electron chi connectivity index (χ2n) is 4.08. The van der Waals surface area contributed by atoms with Gasteiger partial charge in [0.05, 0.1) is 6.61 Å². The van der Waals surface area contributed by atoms with Gasteiger partial charge in [-0.1, -0.05) is 0 Å². The number of aliphatic hydroxyl groups excluding tert-OH is 1. The Hall–Kier alpha value is -0.610. The standard InChI is InChI=1S/C8H17NO3/c1-7(2,3)12-6(11)8(4,9)5-10/h10H,5,9H2,1-4H3/t8-/m1/s1. The van der Waals surface area contributed by atoms with Crippen LogP contribution >= 0.6 is 0 Å². The maximum Gasteiger partial charge on any atom is 0.328 e. The fraction of sp³-hybridized carbons (Fsp3) is 0.875. The number of nitrogens with two attached hydrogens (primary N) is 1. The summed E-state index contributed by atoms with van der Waals surface area (Å²) in [6.45, 7) is 6.26. The largest absolute Gasteiger partial charge is 0.459 e. The summed E-state index contributed by atoms with van der Waals surface area (Å²) in [4.78, 5) is 11.2. The molecule has 4 heteroatoms. The molecular weight excluding hydrogens is 158 g/mol. The van der Waals surface area contributed by atoms with E-state index in [0.29, 0.717) is 0 Å². The van der Waals surface area contributed by atoms with Gasteiger partial charge in [0, 0.05) is 0 Å². The second kappa shape index (κ2) is 3.41. The average Bonchev–Trinajstić information content (AvgIpc) is 1.84. The van der Waals surface area contributed by atoms with Gasteiger partial charge in [0.1, 0.15) is 11.1 Å². The molecule has 0 rings (SSSR count). The first-order valence-electron chi connectivity index (χ1n) is 3.82. The second-order valence-corrected chi connectivity index (χ2v) is 4.08. The monoisotopic (exact) mass is 175 g/mol. The zero-order chi connectivity index (χ0) is 9.99. The van der Waals surface area contributed by atoms with Crippen LogP contribution in [0, 0.1) is 0 Å². The molecule has 0 aromatic heterocycles. The van der Waals surface area contributed by atoms with Crippen LogP contribution in [-0.4, -0.2) is 28.8 Å². The van der Waals surface area contributed by atoms with Crippen molar-refractivity contribution in [2.45, 2.75) is 38.8 Å². The van der Waals surface area contributed by atoms with Gasteiger partial charge < -0.3 is 15.6 Å². The fourth-order valence-electron chi connectivity index (χ4n) is 0.459. The smallest absolute Gasteiger partial charge is 0.328 e. The normalized spacial score (nSPS) is 16.8. The van der Waals surface area contributed by atoms with Gasteiger partial charge in [-0.2, -0.15) is 0 Å². The lowest BCUT2D eigenvalue weighted by Crippen LogP contribution is -2.51. The summed E-state index contributed by atoms with van der Waals surface area (Å²) in [5.41, 5.74) is 3.58. The Bertz CT molecular complexity index is 170. The highest BCUT2D eigenvalue weighted by molar-refractivity contribution is 5.80. The van der Waals surface area contributed by atoms with Crippen LogP contribution < -0.4 is 5.73 Å². The van der Waals surface area contributed by atoms with Crippen molar-refractivity contribution in [3.8, 4) is 0 Å². The number of rotatable bonds is 2. The third-order valence-corrected chi connectivity index (χ3v) is 1.19. The van der Waals surface area contributed by atoms with E-state index in [1.165, 1.54) is 6.92 Å². The highest BCUT2D eigenvalue weighted by Gasteiger charge is 2.32. The number of esters is 1. The van der Waals surface area contributed by atoms with Crippen LogP contribution in [0.3, 0.4) is 0 Å². The summed E-state index contributed by atoms with van der Waals surface area (Å²) in [5.74, 6) is -0.586. The van der Waals surface area contributed by atoms with E-state index < -0.39 is 23.7 Å². The molecule has 12 heavy (non-hydrogen) atoms. The molecule has 0 saturated carbocycles. The van der Waals surface area contributed by atoms with Gasteiger partial charge in [0.25, 0.3) is 0 Å². The molecule has 0 aliphatic heterocycles. The summed E-state index contributed by atoms with van der Waals surface area (Å²) in [5, 5.41) is 8.74. The summed E-state index contributed by atoms with van der Waals surface area (Å²) < 4.78 is 4.97. The zero-order valence-corrected chi connectivity index (χ0v) is 8.05. The zero-order valence-electron chi connectivity index (χ0n) is 8.05. The van der Waals surface area contributed by atoms with Crippen molar-refractivity contribution < 1.29 is 14.6 Å². The van der Waals surface area contributed by atoms with E-state index in [1.807, 2.05) is 0 Å². The van der Waals surface area contributed by atoms with Crippen molar-refractivity contribution in [2.75, 3.05) is 6.61 Å². The van der Waals surface area contributed by atoms with Gasteiger partial charge in [-0.3, -0.25) is 0 Å². The minimum absolute atomic E-state index is 0.415. The Kier molecular flexibility index (Phi) is 3.24. The Balaban J connectivity index is 4.23. The van der Waals surface area contributed by atoms with Crippen molar-refractivity contribution in [2.24, 2.45) is 5.73 Å². The van der Waals surface area contributed by atoms with E-state index in [-0.39, 0.29) is 0 Å². The van der Waals surface area contributed by atoms with Gasteiger partial charge in [-0.05, 0) is 27.7 Å². The highest BCUT2D eigenvalue weighted by Crippen LogP contribution is 2.11. The quantitative estimate of drug-likeness (QED) is 0.581. The van der Waals surface area contributed by atoms with Crippen molar-refractivity contribution in [3.63, 3.8) is 0 Å². The SMILES string of the molecule is CC(C)(C)OC(=O)[C@](C)(N)CO. The van der Waals surface area contributed by atoms with Crippen molar-refractivity contribution in [3.05, 3.63) is 0 Å². The van der Waals surface area contributed by atoms with Crippen LogP contribution in [0.4, 0.5) is 0 Å². The molecule has 0 aromatic rings. The molecule has 0 bridgehead atoms. The number of ether oxygens (including phenoxy) is 1. The van der Waals surface area contributed by atoms with E-state index in [1.54, 1.807) is 20.8 Å². The molecule has 0 aliphatic rings. The Morgan fingerprint density at radius 3 is 2.08 bits per heavy atom. The lowest BCUT2D eigenvalue weighted by atomic mass is 10.1. The molecular formula is C8H17NO3. The number of carbonyl (C=O) groups excluding carboxylic acids is 1. The van der Waals surface area contributed by atoms with Crippen LogP contribution in [0.2, 0.25) is 0 Å². The summed E-state index contributed by atoms with van der Waals surface area (Å²) in [6, 6.07) is 0. The molecule has 0 aromatic carbocycles. The predicted octanol–water partition coefficient (Wildman–Crippen LogP) is 0.0378. The fourth-order valence-corrected chi connectivity index (χ4v) is 0.459. The van der Waals surface area contributed by atoms with Crippen LogP contribution in [0.25, 0.3) is 0 Å². The third kappa shape index (κ3) is 3.69. The van der Waals surface area contributed by atoms with Crippen LogP contribution in [0.15, 0.2) is 0 Å². The van der Waals surface area contributed by atoms with E-state index in [0.717, 1.165) is 0 Å². The molecule has 0 heterocycles. The predicted molar refractivity (Wildman–Crippen MR) is 45.5 cm³/mol. The Labute approximate surface area is 72.7 Å². The average molecular weight is 175 g/mol. The van der Waals surface area contributed by atoms with Gasteiger partial charge >= 0.3 is 5.97 Å². The molecule has 0 radical (unpaired) electrons.